The highest BCUT2D eigenvalue weighted by Gasteiger charge is 2.01. The van der Waals surface area contributed by atoms with Crippen molar-refractivity contribution in [3.8, 4) is 0 Å². The molecule has 0 saturated heterocycles. The van der Waals surface area contributed by atoms with Crippen LogP contribution >= 0.6 is 0 Å². The van der Waals surface area contributed by atoms with E-state index in [1.54, 1.807) is 6.92 Å². The van der Waals surface area contributed by atoms with Gasteiger partial charge in [-0.05, 0) is 19.8 Å². The summed E-state index contributed by atoms with van der Waals surface area (Å²) in [4.78, 5) is 21.3. The first-order valence-electron chi connectivity index (χ1n) is 5.15. The summed E-state index contributed by atoms with van der Waals surface area (Å²) < 4.78 is 4.90. The molecule has 0 unspecified atom stereocenters. The van der Waals surface area contributed by atoms with Crippen LogP contribution in [-0.2, 0) is 14.3 Å². The molecule has 2 N–H and O–H groups in total. The third-order valence-corrected chi connectivity index (χ3v) is 1.90. The fourth-order valence-corrected chi connectivity index (χ4v) is 1.04. The zero-order chi connectivity index (χ0) is 11.7. The van der Waals surface area contributed by atoms with Crippen LogP contribution in [0, 0.1) is 0 Å². The van der Waals surface area contributed by atoms with Crippen LogP contribution in [0.15, 0.2) is 12.2 Å². The topological polar surface area (TPSA) is 69.4 Å². The summed E-state index contributed by atoms with van der Waals surface area (Å²) in [5, 5.41) is 0. The highest BCUT2D eigenvalue weighted by atomic mass is 16.5. The van der Waals surface area contributed by atoms with Gasteiger partial charge in [0.1, 0.15) is 0 Å². The maximum Gasteiger partial charge on any atom is 0.333 e. The molecular formula is C11H19NO3. The number of amides is 1. The minimum absolute atomic E-state index is 0.260. The molecule has 86 valence electrons. The molecule has 0 bridgehead atoms. The molecule has 4 nitrogen and oxygen atoms in total. The number of unbranched alkanes of at least 4 members (excludes halogenated alkanes) is 3. The van der Waals surface area contributed by atoms with Gasteiger partial charge in [-0.1, -0.05) is 19.4 Å². The van der Waals surface area contributed by atoms with Gasteiger partial charge in [0, 0.05) is 12.0 Å². The lowest BCUT2D eigenvalue weighted by atomic mass is 10.1. The van der Waals surface area contributed by atoms with Crippen molar-refractivity contribution >= 4 is 11.9 Å². The van der Waals surface area contributed by atoms with Gasteiger partial charge >= 0.3 is 5.97 Å². The van der Waals surface area contributed by atoms with Crippen molar-refractivity contribution in [2.45, 2.75) is 39.0 Å². The number of carbonyl (C=O) groups is 2. The Bertz CT molecular complexity index is 236. The zero-order valence-corrected chi connectivity index (χ0v) is 9.25. The number of nitrogens with two attached hydrogens (primary N) is 1. The van der Waals surface area contributed by atoms with E-state index in [1.807, 2.05) is 0 Å². The Morgan fingerprint density at radius 2 is 1.80 bits per heavy atom. The van der Waals surface area contributed by atoms with Gasteiger partial charge < -0.3 is 10.5 Å². The van der Waals surface area contributed by atoms with Crippen LogP contribution in [0.5, 0.6) is 0 Å². The molecule has 0 aliphatic carbocycles. The van der Waals surface area contributed by atoms with Gasteiger partial charge in [0.2, 0.25) is 5.91 Å². The maximum absolute atomic E-state index is 10.9. The predicted octanol–water partition coefficient (Wildman–Crippen LogP) is 1.54. The van der Waals surface area contributed by atoms with Gasteiger partial charge in [0.25, 0.3) is 0 Å². The monoisotopic (exact) mass is 213 g/mol. The Morgan fingerprint density at radius 1 is 1.20 bits per heavy atom. The molecule has 1 amide bonds. The highest BCUT2D eigenvalue weighted by Crippen LogP contribution is 2.03. The predicted molar refractivity (Wildman–Crippen MR) is 58.1 cm³/mol. The number of ether oxygens (including phenoxy) is 1. The second-order valence-electron chi connectivity index (χ2n) is 3.55. The minimum atomic E-state index is -0.341. The van der Waals surface area contributed by atoms with Gasteiger partial charge in [0.05, 0.1) is 6.61 Å². The van der Waals surface area contributed by atoms with Crippen molar-refractivity contribution < 1.29 is 14.3 Å². The second-order valence-corrected chi connectivity index (χ2v) is 3.55. The molecule has 15 heavy (non-hydrogen) atoms. The van der Waals surface area contributed by atoms with Crippen LogP contribution in [0.1, 0.15) is 39.0 Å². The fourth-order valence-electron chi connectivity index (χ4n) is 1.04. The van der Waals surface area contributed by atoms with Crippen LogP contribution in [0.2, 0.25) is 0 Å². The molecule has 0 heterocycles. The summed E-state index contributed by atoms with van der Waals surface area (Å²) in [5.74, 6) is -0.601. The van der Waals surface area contributed by atoms with E-state index in [4.69, 9.17) is 10.5 Å². The van der Waals surface area contributed by atoms with E-state index in [1.165, 1.54) is 0 Å². The van der Waals surface area contributed by atoms with Gasteiger partial charge in [-0.2, -0.15) is 0 Å². The van der Waals surface area contributed by atoms with E-state index in [0.717, 1.165) is 25.7 Å². The van der Waals surface area contributed by atoms with E-state index in [9.17, 15) is 9.59 Å². The Kier molecular flexibility index (Phi) is 7.32. The molecule has 0 atom stereocenters. The molecule has 0 aliphatic rings. The molecular weight excluding hydrogens is 194 g/mol. The Labute approximate surface area is 90.5 Å². The summed E-state index contributed by atoms with van der Waals surface area (Å²) >= 11 is 0. The van der Waals surface area contributed by atoms with Gasteiger partial charge in [-0.25, -0.2) is 4.79 Å². The van der Waals surface area contributed by atoms with Crippen LogP contribution in [0.3, 0.4) is 0 Å². The molecule has 0 fully saturated rings. The molecule has 0 aliphatic heterocycles. The molecule has 0 aromatic rings. The third kappa shape index (κ3) is 9.00. The standard InChI is InChI=1S/C11H19NO3/c1-9(2)11(14)15-8-6-4-3-5-7-10(12)13/h1,3-8H2,2H3,(H2,12,13). The first-order valence-corrected chi connectivity index (χ1v) is 5.15. The normalized spacial score (nSPS) is 9.67. The Morgan fingerprint density at radius 3 is 2.33 bits per heavy atom. The second kappa shape index (κ2) is 8.03. The van der Waals surface area contributed by atoms with Crippen molar-refractivity contribution in [1.29, 1.82) is 0 Å². The summed E-state index contributed by atoms with van der Waals surface area (Å²) in [6, 6.07) is 0. The van der Waals surface area contributed by atoms with E-state index >= 15 is 0 Å². The minimum Gasteiger partial charge on any atom is -0.462 e. The van der Waals surface area contributed by atoms with Crippen LogP contribution in [0.4, 0.5) is 0 Å². The number of carbonyl (C=O) groups excluding carboxylic acids is 2. The van der Waals surface area contributed by atoms with Crippen LogP contribution < -0.4 is 5.73 Å². The van der Waals surface area contributed by atoms with Gasteiger partial charge in [0.15, 0.2) is 0 Å². The molecule has 0 rings (SSSR count). The van der Waals surface area contributed by atoms with Gasteiger partial charge in [-0.3, -0.25) is 4.79 Å². The molecule has 0 aromatic carbocycles. The summed E-state index contributed by atoms with van der Waals surface area (Å²) in [7, 11) is 0. The summed E-state index contributed by atoms with van der Waals surface area (Å²) in [6.45, 7) is 5.52. The molecule has 4 heteroatoms. The number of hydrogen-bond acceptors (Lipinski definition) is 3. The maximum atomic E-state index is 10.9. The third-order valence-electron chi connectivity index (χ3n) is 1.90. The van der Waals surface area contributed by atoms with Crippen molar-refractivity contribution in [2.24, 2.45) is 5.73 Å². The Hall–Kier alpha value is -1.32. The van der Waals surface area contributed by atoms with E-state index in [-0.39, 0.29) is 11.9 Å². The highest BCUT2D eigenvalue weighted by molar-refractivity contribution is 5.86. The number of esters is 1. The Balaban J connectivity index is 3.22. The first kappa shape index (κ1) is 13.7. The summed E-state index contributed by atoms with van der Waals surface area (Å²) in [5.41, 5.74) is 5.41. The quantitative estimate of drug-likeness (QED) is 0.378. The lowest BCUT2D eigenvalue weighted by Gasteiger charge is -2.03. The molecule has 0 aromatic heterocycles. The molecule has 0 spiro atoms. The largest absolute Gasteiger partial charge is 0.462 e. The number of rotatable bonds is 8. The van der Waals surface area contributed by atoms with Gasteiger partial charge in [-0.15, -0.1) is 0 Å². The zero-order valence-electron chi connectivity index (χ0n) is 9.25. The lowest BCUT2D eigenvalue weighted by molar-refractivity contribution is -0.139. The average Bonchev–Trinajstić information content (AvgIpc) is 2.15. The van der Waals surface area contributed by atoms with Crippen molar-refractivity contribution in [2.75, 3.05) is 6.61 Å². The van der Waals surface area contributed by atoms with Crippen LogP contribution in [0.25, 0.3) is 0 Å². The average molecular weight is 213 g/mol. The first-order chi connectivity index (χ1) is 7.04. The SMILES string of the molecule is C=C(C)C(=O)OCCCCCCC(N)=O. The van der Waals surface area contributed by atoms with Crippen LogP contribution in [-0.4, -0.2) is 18.5 Å². The van der Waals surface area contributed by atoms with E-state index in [2.05, 4.69) is 6.58 Å². The van der Waals surface area contributed by atoms with Crippen molar-refractivity contribution in [1.82, 2.24) is 0 Å². The molecule has 0 saturated carbocycles. The fraction of sp³-hybridized carbons (Fsp3) is 0.636. The van der Waals surface area contributed by atoms with E-state index < -0.39 is 0 Å². The number of hydrogen-bond donors (Lipinski definition) is 1. The van der Waals surface area contributed by atoms with E-state index in [0.29, 0.717) is 18.6 Å². The van der Waals surface area contributed by atoms with Crippen molar-refractivity contribution in [3.63, 3.8) is 0 Å². The molecule has 0 radical (unpaired) electrons. The number of primary amides is 1. The van der Waals surface area contributed by atoms with Crippen molar-refractivity contribution in [3.05, 3.63) is 12.2 Å². The lowest BCUT2D eigenvalue weighted by Crippen LogP contribution is -2.09. The summed E-state index contributed by atoms with van der Waals surface area (Å²) in [6.07, 6.45) is 3.94. The smallest absolute Gasteiger partial charge is 0.333 e.